The van der Waals surface area contributed by atoms with Gasteiger partial charge in [-0.3, -0.25) is 0 Å². The molecule has 0 saturated carbocycles. The van der Waals surface area contributed by atoms with Crippen molar-refractivity contribution in [2.24, 2.45) is 5.92 Å². The van der Waals surface area contributed by atoms with Crippen molar-refractivity contribution >= 4 is 6.29 Å². The van der Waals surface area contributed by atoms with Crippen LogP contribution in [0, 0.1) is 5.92 Å². The van der Waals surface area contributed by atoms with Gasteiger partial charge in [0.1, 0.15) is 12.2 Å². The second-order valence-electron chi connectivity index (χ2n) is 2.41. The van der Waals surface area contributed by atoms with E-state index in [0.29, 0.717) is 6.29 Å². The Morgan fingerprint density at radius 1 is 1.15 bits per heavy atom. The third kappa shape index (κ3) is 4.33. The lowest BCUT2D eigenvalue weighted by atomic mass is 10.1. The topological polar surface area (TPSA) is 76.0 Å². The summed E-state index contributed by atoms with van der Waals surface area (Å²) in [5.41, 5.74) is 0. The van der Waals surface area contributed by atoms with E-state index in [2.05, 4.69) is 0 Å². The molecule has 2 N–H and O–H groups in total. The molecule has 2 unspecified atom stereocenters. The number of rotatable bonds is 7. The Morgan fingerprint density at radius 2 is 1.54 bits per heavy atom. The van der Waals surface area contributed by atoms with E-state index in [1.165, 1.54) is 0 Å². The number of ether oxygens (including phenoxy) is 2. The Hall–Kier alpha value is -0.490. The third-order valence-corrected chi connectivity index (χ3v) is 1.49. The number of aliphatic hydroxyl groups is 2. The fourth-order valence-electron chi connectivity index (χ4n) is 0.839. The summed E-state index contributed by atoms with van der Waals surface area (Å²) in [5, 5.41) is 18.4. The molecule has 0 aromatic carbocycles. The van der Waals surface area contributed by atoms with E-state index in [0.717, 1.165) is 0 Å². The molecule has 0 saturated heterocycles. The highest BCUT2D eigenvalue weighted by atomic mass is 16.6. The molecule has 78 valence electrons. The molecule has 0 bridgehead atoms. The van der Waals surface area contributed by atoms with Gasteiger partial charge in [-0.05, 0) is 13.8 Å². The lowest BCUT2D eigenvalue weighted by molar-refractivity contribution is -0.208. The standard InChI is InChI=1S/C8H16O5/c1-3-12-7(10)6(5-9)8(11)13-4-2/h5-8,10-11H,3-4H2,1-2H3. The van der Waals surface area contributed by atoms with Crippen LogP contribution in [0.1, 0.15) is 13.8 Å². The molecule has 13 heavy (non-hydrogen) atoms. The van der Waals surface area contributed by atoms with E-state index in [1.807, 2.05) is 0 Å². The van der Waals surface area contributed by atoms with Gasteiger partial charge in [-0.1, -0.05) is 0 Å². The van der Waals surface area contributed by atoms with Gasteiger partial charge in [-0.25, -0.2) is 0 Å². The summed E-state index contributed by atoms with van der Waals surface area (Å²) < 4.78 is 9.49. The van der Waals surface area contributed by atoms with Crippen LogP contribution in [-0.4, -0.2) is 42.3 Å². The Kier molecular flexibility index (Phi) is 6.70. The fraction of sp³-hybridized carbons (Fsp3) is 0.875. The molecule has 0 aliphatic rings. The van der Waals surface area contributed by atoms with Crippen LogP contribution in [0.2, 0.25) is 0 Å². The van der Waals surface area contributed by atoms with Crippen molar-refractivity contribution in [3.05, 3.63) is 0 Å². The van der Waals surface area contributed by atoms with Gasteiger partial charge < -0.3 is 24.5 Å². The second-order valence-corrected chi connectivity index (χ2v) is 2.41. The number of hydrogen-bond acceptors (Lipinski definition) is 5. The highest BCUT2D eigenvalue weighted by molar-refractivity contribution is 5.54. The minimum atomic E-state index is -1.32. The van der Waals surface area contributed by atoms with E-state index >= 15 is 0 Å². The summed E-state index contributed by atoms with van der Waals surface area (Å²) in [5.74, 6) is -1.06. The van der Waals surface area contributed by atoms with Gasteiger partial charge in [0.2, 0.25) is 0 Å². The van der Waals surface area contributed by atoms with Crippen LogP contribution in [0.5, 0.6) is 0 Å². The summed E-state index contributed by atoms with van der Waals surface area (Å²) in [4.78, 5) is 10.5. The molecule has 0 aromatic heterocycles. The molecule has 0 fully saturated rings. The lowest BCUT2D eigenvalue weighted by Gasteiger charge is -2.21. The molecule has 5 nitrogen and oxygen atoms in total. The normalized spacial score (nSPS) is 17.8. The number of aliphatic hydroxyl groups excluding tert-OH is 2. The van der Waals surface area contributed by atoms with Crippen molar-refractivity contribution in [1.82, 2.24) is 0 Å². The number of aldehydes is 1. The van der Waals surface area contributed by atoms with E-state index in [1.54, 1.807) is 13.8 Å². The first-order valence-electron chi connectivity index (χ1n) is 4.22. The lowest BCUT2D eigenvalue weighted by Crippen LogP contribution is -2.36. The smallest absolute Gasteiger partial charge is 0.168 e. The summed E-state index contributed by atoms with van der Waals surface area (Å²) in [6, 6.07) is 0. The van der Waals surface area contributed by atoms with Gasteiger partial charge in [-0.15, -0.1) is 0 Å². The molecule has 2 atom stereocenters. The van der Waals surface area contributed by atoms with Gasteiger partial charge in [0.25, 0.3) is 0 Å². The zero-order chi connectivity index (χ0) is 10.3. The van der Waals surface area contributed by atoms with Crippen LogP contribution in [0.4, 0.5) is 0 Å². The van der Waals surface area contributed by atoms with E-state index in [9.17, 15) is 15.0 Å². The van der Waals surface area contributed by atoms with Crippen molar-refractivity contribution in [2.75, 3.05) is 13.2 Å². The molecule has 0 radical (unpaired) electrons. The zero-order valence-electron chi connectivity index (χ0n) is 7.84. The average Bonchev–Trinajstić information content (AvgIpc) is 2.06. The largest absolute Gasteiger partial charge is 0.367 e. The second kappa shape index (κ2) is 6.97. The molecule has 0 aliphatic carbocycles. The van der Waals surface area contributed by atoms with Crippen molar-refractivity contribution in [3.8, 4) is 0 Å². The van der Waals surface area contributed by atoms with E-state index in [-0.39, 0.29) is 13.2 Å². The van der Waals surface area contributed by atoms with Crippen molar-refractivity contribution in [1.29, 1.82) is 0 Å². The van der Waals surface area contributed by atoms with Crippen LogP contribution >= 0.6 is 0 Å². The van der Waals surface area contributed by atoms with Gasteiger partial charge >= 0.3 is 0 Å². The highest BCUT2D eigenvalue weighted by Gasteiger charge is 2.27. The summed E-state index contributed by atoms with van der Waals surface area (Å²) in [6.45, 7) is 3.89. The van der Waals surface area contributed by atoms with Crippen LogP contribution in [0.25, 0.3) is 0 Å². The zero-order valence-corrected chi connectivity index (χ0v) is 7.84. The minimum absolute atomic E-state index is 0.268. The average molecular weight is 192 g/mol. The first kappa shape index (κ1) is 12.5. The van der Waals surface area contributed by atoms with Crippen LogP contribution in [-0.2, 0) is 14.3 Å². The Morgan fingerprint density at radius 3 is 1.77 bits per heavy atom. The third-order valence-electron chi connectivity index (χ3n) is 1.49. The predicted octanol–water partition coefficient (Wildman–Crippen LogP) is -0.489. The van der Waals surface area contributed by atoms with Crippen LogP contribution in [0.3, 0.4) is 0 Å². The molecule has 0 spiro atoms. The monoisotopic (exact) mass is 192 g/mol. The van der Waals surface area contributed by atoms with E-state index < -0.39 is 18.5 Å². The highest BCUT2D eigenvalue weighted by Crippen LogP contribution is 2.09. The molecular weight excluding hydrogens is 176 g/mol. The first-order valence-corrected chi connectivity index (χ1v) is 4.22. The molecule has 0 rings (SSSR count). The first-order chi connectivity index (χ1) is 6.17. The van der Waals surface area contributed by atoms with Crippen molar-refractivity contribution in [2.45, 2.75) is 26.4 Å². The molecule has 0 aromatic rings. The predicted molar refractivity (Wildman–Crippen MR) is 44.8 cm³/mol. The Labute approximate surface area is 77.3 Å². The molecular formula is C8H16O5. The summed E-state index contributed by atoms with van der Waals surface area (Å²) in [7, 11) is 0. The Balaban J connectivity index is 4.05. The summed E-state index contributed by atoms with van der Waals surface area (Å²) >= 11 is 0. The van der Waals surface area contributed by atoms with Crippen LogP contribution in [0.15, 0.2) is 0 Å². The number of hydrogen-bond donors (Lipinski definition) is 2. The molecule has 0 heterocycles. The number of carbonyl (C=O) groups excluding carboxylic acids is 1. The maximum atomic E-state index is 10.5. The fourth-order valence-corrected chi connectivity index (χ4v) is 0.839. The van der Waals surface area contributed by atoms with Gasteiger partial charge in [0, 0.05) is 13.2 Å². The van der Waals surface area contributed by atoms with E-state index in [4.69, 9.17) is 9.47 Å². The Bertz CT molecular complexity index is 126. The minimum Gasteiger partial charge on any atom is -0.367 e. The molecule has 0 amide bonds. The maximum absolute atomic E-state index is 10.5. The molecule has 0 aliphatic heterocycles. The van der Waals surface area contributed by atoms with Crippen molar-refractivity contribution < 1.29 is 24.5 Å². The van der Waals surface area contributed by atoms with Gasteiger partial charge in [-0.2, -0.15) is 0 Å². The maximum Gasteiger partial charge on any atom is 0.168 e. The summed E-state index contributed by atoms with van der Waals surface area (Å²) in [6.07, 6.45) is -2.21. The van der Waals surface area contributed by atoms with Crippen LogP contribution < -0.4 is 0 Å². The molecule has 5 heteroatoms. The van der Waals surface area contributed by atoms with Gasteiger partial charge in [0.15, 0.2) is 12.6 Å². The quantitative estimate of drug-likeness (QED) is 0.420. The SMILES string of the molecule is CCOC(O)C(C=O)C(O)OCC. The van der Waals surface area contributed by atoms with Gasteiger partial charge in [0.05, 0.1) is 0 Å². The van der Waals surface area contributed by atoms with Crippen molar-refractivity contribution in [3.63, 3.8) is 0 Å². The number of carbonyl (C=O) groups is 1.